The molecule has 2 heterocycles. The Labute approximate surface area is 397 Å². The van der Waals surface area contributed by atoms with Gasteiger partial charge in [-0.15, -0.1) is 29.3 Å². The zero-order valence-corrected chi connectivity index (χ0v) is 39.6. The monoisotopic (exact) mass is 1020 g/mol. The van der Waals surface area contributed by atoms with Crippen molar-refractivity contribution < 1.29 is 30.3 Å². The van der Waals surface area contributed by atoms with Crippen molar-refractivity contribution >= 4 is 11.0 Å². The van der Waals surface area contributed by atoms with E-state index in [9.17, 15) is 5.11 Å². The number of benzene rings is 7. The molecule has 0 aliphatic heterocycles. The summed E-state index contributed by atoms with van der Waals surface area (Å²) in [4.78, 5) is 10.4. The van der Waals surface area contributed by atoms with E-state index in [1.54, 1.807) is 6.07 Å². The molecule has 64 heavy (non-hydrogen) atoms. The molecule has 0 radical (unpaired) electrons. The number of phenolic OH excluding ortho intramolecular Hbond substituents is 1. The molecular formula is C59H54N3OPt-. The van der Waals surface area contributed by atoms with E-state index in [1.165, 1.54) is 5.56 Å². The molecule has 0 aliphatic rings. The summed E-state index contributed by atoms with van der Waals surface area (Å²) in [5, 5.41) is 12.2. The summed E-state index contributed by atoms with van der Waals surface area (Å²) < 4.78 is 28.6. The van der Waals surface area contributed by atoms with E-state index in [1.807, 2.05) is 83.6 Å². The normalized spacial score (nSPS) is 12.5. The van der Waals surface area contributed by atoms with E-state index in [-0.39, 0.29) is 49.6 Å². The van der Waals surface area contributed by atoms with Crippen LogP contribution in [0.4, 0.5) is 0 Å². The van der Waals surface area contributed by atoms with Gasteiger partial charge in [0.1, 0.15) is 11.6 Å². The second kappa shape index (κ2) is 18.0. The summed E-state index contributed by atoms with van der Waals surface area (Å²) in [5.41, 5.74) is 14.8. The summed E-state index contributed by atoms with van der Waals surface area (Å²) in [5.74, 6) is 0.769. The average molecular weight is 1020 g/mol. The number of pyridine rings is 1. The Bertz CT molecular complexity index is 3220. The minimum atomic E-state index is -2.48. The molecule has 9 aromatic rings. The molecule has 0 bridgehead atoms. The standard InChI is InChI=1S/C59H54N3O.Pt/c1-37(2)46-34-51(38(3)4)57(63)52(35-46)58-61-56-50(20-15-21-55(56)62(58)54-27-26-44(30-39(54)5)41-18-13-10-14-19-41)47-31-48(33-49(32-47)59(6,7)8)53-36-45(28-29-60-53)43-24-22-42(23-25-43)40-16-11-9-12-17-40;/h9-30,32-38,63H,1-8H3;/q-1;/i5D3;. The third-order valence-electron chi connectivity index (χ3n) is 12.1. The molecule has 0 saturated heterocycles. The van der Waals surface area contributed by atoms with E-state index in [0.717, 1.165) is 66.9 Å². The van der Waals surface area contributed by atoms with Crippen molar-refractivity contribution in [3.8, 4) is 78.6 Å². The molecule has 9 rings (SSSR count). The largest absolute Gasteiger partial charge is 0.507 e. The first-order valence-electron chi connectivity index (χ1n) is 23.3. The predicted molar refractivity (Wildman–Crippen MR) is 264 cm³/mol. The fourth-order valence-electron chi connectivity index (χ4n) is 8.44. The molecule has 0 spiro atoms. The van der Waals surface area contributed by atoms with Gasteiger partial charge in [-0.05, 0) is 105 Å². The number of aryl methyl sites for hydroxylation is 1. The molecule has 0 aliphatic carbocycles. The van der Waals surface area contributed by atoms with Gasteiger partial charge in [-0.1, -0.05) is 175 Å². The number of imidazole rings is 1. The van der Waals surface area contributed by atoms with E-state index in [0.29, 0.717) is 28.1 Å². The van der Waals surface area contributed by atoms with Crippen molar-refractivity contribution in [1.82, 2.24) is 14.5 Å². The van der Waals surface area contributed by atoms with Gasteiger partial charge in [0.15, 0.2) is 0 Å². The third kappa shape index (κ3) is 8.65. The molecule has 7 aromatic carbocycles. The van der Waals surface area contributed by atoms with Gasteiger partial charge in [-0.3, -0.25) is 9.55 Å². The van der Waals surface area contributed by atoms with Crippen LogP contribution in [0.1, 0.15) is 86.7 Å². The Balaban J connectivity index is 0.00000608. The SMILES string of the molecule is [2H]C([2H])([2H])c1cc(-c2ccccc2)ccc1-n1c(-c2cc(C(C)C)cc(C(C)C)c2O)nc2c(-c3[c-]c(-c4cc(-c5ccc(-c6ccccc6)cc5)ccn4)cc(C(C)(C)C)c3)cccc21.[Pt]. The molecule has 5 heteroatoms. The van der Waals surface area contributed by atoms with Crippen LogP contribution in [0.5, 0.6) is 5.75 Å². The second-order valence-electron chi connectivity index (χ2n) is 18.2. The van der Waals surface area contributed by atoms with Crippen LogP contribution in [0.25, 0.3) is 83.9 Å². The first-order valence-corrected chi connectivity index (χ1v) is 21.8. The maximum absolute atomic E-state index is 12.2. The molecule has 0 unspecified atom stereocenters. The first kappa shape index (κ1) is 40.4. The first-order chi connectivity index (χ1) is 31.5. The van der Waals surface area contributed by atoms with Crippen molar-refractivity contribution in [2.24, 2.45) is 0 Å². The van der Waals surface area contributed by atoms with Gasteiger partial charge in [0.05, 0.1) is 22.3 Å². The Morgan fingerprint density at radius 2 is 1.22 bits per heavy atom. The van der Waals surface area contributed by atoms with Crippen LogP contribution in [-0.2, 0) is 26.5 Å². The van der Waals surface area contributed by atoms with Gasteiger partial charge < -0.3 is 5.11 Å². The van der Waals surface area contributed by atoms with Gasteiger partial charge in [0.25, 0.3) is 0 Å². The fraction of sp³-hybridized carbons (Fsp3) is 0.186. The predicted octanol–water partition coefficient (Wildman–Crippen LogP) is 15.8. The second-order valence-corrected chi connectivity index (χ2v) is 18.2. The molecule has 0 amide bonds. The van der Waals surface area contributed by atoms with Crippen LogP contribution in [0.3, 0.4) is 0 Å². The quantitative estimate of drug-likeness (QED) is 0.147. The van der Waals surface area contributed by atoms with Gasteiger partial charge in [0, 0.05) is 37.1 Å². The van der Waals surface area contributed by atoms with Gasteiger partial charge >= 0.3 is 0 Å². The molecule has 4 nitrogen and oxygen atoms in total. The number of fused-ring (bicyclic) bond motifs is 1. The minimum absolute atomic E-state index is 0. The Hall–Kier alpha value is -6.35. The van der Waals surface area contributed by atoms with E-state index in [4.69, 9.17) is 14.1 Å². The third-order valence-corrected chi connectivity index (χ3v) is 12.1. The van der Waals surface area contributed by atoms with E-state index in [2.05, 4.69) is 133 Å². The number of nitrogens with zero attached hydrogens (tertiary/aromatic N) is 3. The number of phenols is 1. The molecule has 2 aromatic heterocycles. The van der Waals surface area contributed by atoms with Crippen molar-refractivity contribution in [3.63, 3.8) is 0 Å². The Morgan fingerprint density at radius 3 is 1.86 bits per heavy atom. The average Bonchev–Trinajstić information content (AvgIpc) is 3.71. The van der Waals surface area contributed by atoms with Crippen LogP contribution in [0.15, 0.2) is 164 Å². The van der Waals surface area contributed by atoms with Crippen LogP contribution < -0.4 is 0 Å². The number of aromatic nitrogens is 3. The summed E-state index contributed by atoms with van der Waals surface area (Å²) >= 11 is 0. The van der Waals surface area contributed by atoms with E-state index < -0.39 is 6.85 Å². The number of hydrogen-bond acceptors (Lipinski definition) is 3. The molecular weight excluding hydrogens is 962 g/mol. The van der Waals surface area contributed by atoms with Crippen LogP contribution in [0.2, 0.25) is 0 Å². The topological polar surface area (TPSA) is 50.9 Å². The summed E-state index contributed by atoms with van der Waals surface area (Å²) in [6, 6.07) is 56.8. The Kier molecular flexibility index (Phi) is 11.4. The van der Waals surface area contributed by atoms with Crippen LogP contribution in [0, 0.1) is 12.9 Å². The summed E-state index contributed by atoms with van der Waals surface area (Å²) in [6.45, 7) is 12.5. The zero-order chi connectivity index (χ0) is 46.5. The van der Waals surface area contributed by atoms with Crippen molar-refractivity contribution in [2.75, 3.05) is 0 Å². The fourth-order valence-corrected chi connectivity index (χ4v) is 8.44. The zero-order valence-electron chi connectivity index (χ0n) is 40.3. The Morgan fingerprint density at radius 1 is 0.609 bits per heavy atom. The summed E-state index contributed by atoms with van der Waals surface area (Å²) in [6.07, 6.45) is 1.86. The number of aromatic hydroxyl groups is 1. The number of para-hydroxylation sites is 1. The molecule has 0 fully saturated rings. The summed E-state index contributed by atoms with van der Waals surface area (Å²) in [7, 11) is 0. The van der Waals surface area contributed by atoms with Crippen molar-refractivity contribution in [1.29, 1.82) is 0 Å². The van der Waals surface area contributed by atoms with Gasteiger partial charge in [-0.25, -0.2) is 4.98 Å². The maximum Gasteiger partial charge on any atom is 0.148 e. The molecule has 0 atom stereocenters. The number of rotatable bonds is 9. The smallest absolute Gasteiger partial charge is 0.148 e. The van der Waals surface area contributed by atoms with Gasteiger partial charge in [0.2, 0.25) is 0 Å². The van der Waals surface area contributed by atoms with Crippen LogP contribution >= 0.6 is 0 Å². The van der Waals surface area contributed by atoms with E-state index >= 15 is 0 Å². The molecule has 0 saturated carbocycles. The van der Waals surface area contributed by atoms with Crippen molar-refractivity contribution in [2.45, 2.75) is 72.6 Å². The van der Waals surface area contributed by atoms with Gasteiger partial charge in [-0.2, -0.15) is 0 Å². The number of hydrogen-bond donors (Lipinski definition) is 1. The maximum atomic E-state index is 12.2. The van der Waals surface area contributed by atoms with Crippen LogP contribution in [-0.4, -0.2) is 19.6 Å². The molecule has 1 N–H and O–H groups in total. The van der Waals surface area contributed by atoms with Crippen molar-refractivity contribution in [3.05, 3.63) is 192 Å². The molecule has 322 valence electrons. The minimum Gasteiger partial charge on any atom is -0.507 e.